The lowest BCUT2D eigenvalue weighted by Gasteiger charge is -2.27. The zero-order valence-corrected chi connectivity index (χ0v) is 19.4. The molecule has 1 heterocycles. The summed E-state index contributed by atoms with van der Waals surface area (Å²) in [7, 11) is 0. The van der Waals surface area contributed by atoms with Gasteiger partial charge in [-0.2, -0.15) is 22.0 Å². The van der Waals surface area contributed by atoms with Gasteiger partial charge in [0.05, 0.1) is 18.8 Å². The van der Waals surface area contributed by atoms with Crippen LogP contribution in [0, 0.1) is 40.8 Å². The van der Waals surface area contributed by atoms with Crippen LogP contribution >= 0.6 is 0 Å². The Kier molecular flexibility index (Phi) is 7.56. The molecule has 14 heteroatoms. The Hall–Kier alpha value is -3.39. The van der Waals surface area contributed by atoms with Crippen LogP contribution in [0.3, 0.4) is 0 Å². The molecule has 0 unspecified atom stereocenters. The van der Waals surface area contributed by atoms with Gasteiger partial charge in [0.2, 0.25) is 0 Å². The summed E-state index contributed by atoms with van der Waals surface area (Å²) >= 11 is 0. The number of hydrogen-bond acceptors (Lipinski definition) is 3. The Labute approximate surface area is 212 Å². The van der Waals surface area contributed by atoms with Crippen molar-refractivity contribution < 1.29 is 62.5 Å². The molecule has 1 fully saturated rings. The second-order valence-corrected chi connectivity index (χ2v) is 8.66. The van der Waals surface area contributed by atoms with E-state index >= 15 is 0 Å². The van der Waals surface area contributed by atoms with Gasteiger partial charge in [-0.15, -0.1) is 0 Å². The van der Waals surface area contributed by atoms with E-state index in [0.29, 0.717) is 0 Å². The van der Waals surface area contributed by atoms with Crippen molar-refractivity contribution in [3.8, 4) is 16.9 Å². The molecule has 3 nitrogen and oxygen atoms in total. The van der Waals surface area contributed by atoms with Gasteiger partial charge in [0.1, 0.15) is 51.8 Å². The van der Waals surface area contributed by atoms with Gasteiger partial charge in [-0.05, 0) is 29.8 Å². The summed E-state index contributed by atoms with van der Waals surface area (Å²) in [5.41, 5.74) is -6.44. The molecule has 0 atom stereocenters. The summed E-state index contributed by atoms with van der Waals surface area (Å²) in [6.45, 7) is 2.27. The van der Waals surface area contributed by atoms with Gasteiger partial charge >= 0.3 is 12.3 Å². The maximum absolute atomic E-state index is 14.8. The number of benzene rings is 3. The Morgan fingerprint density at radius 3 is 1.59 bits per heavy atom. The molecular weight excluding hydrogens is 557 g/mol. The van der Waals surface area contributed by atoms with E-state index in [1.165, 1.54) is 0 Å². The quantitative estimate of drug-likeness (QED) is 0.290. The van der Waals surface area contributed by atoms with Crippen LogP contribution in [0.5, 0.6) is 5.75 Å². The molecule has 0 bridgehead atoms. The fourth-order valence-electron chi connectivity index (χ4n) is 3.87. The van der Waals surface area contributed by atoms with Gasteiger partial charge in [-0.25, -0.2) is 26.3 Å². The second-order valence-electron chi connectivity index (χ2n) is 8.66. The van der Waals surface area contributed by atoms with Gasteiger partial charge in [-0.1, -0.05) is 6.92 Å². The minimum Gasteiger partial charge on any atom is -0.429 e. The van der Waals surface area contributed by atoms with Crippen molar-refractivity contribution >= 4 is 0 Å². The minimum absolute atomic E-state index is 0.0269. The van der Waals surface area contributed by atoms with Gasteiger partial charge in [0, 0.05) is 23.6 Å². The van der Waals surface area contributed by atoms with Crippen LogP contribution < -0.4 is 4.74 Å². The molecule has 0 radical (unpaired) electrons. The van der Waals surface area contributed by atoms with Crippen LogP contribution in [-0.4, -0.2) is 13.2 Å². The van der Waals surface area contributed by atoms with Crippen LogP contribution in [0.1, 0.15) is 29.9 Å². The average Bonchev–Trinajstić information content (AvgIpc) is 2.76. The summed E-state index contributed by atoms with van der Waals surface area (Å²) in [6.07, 6.45) is -11.7. The highest BCUT2D eigenvalue weighted by molar-refractivity contribution is 5.66. The highest BCUT2D eigenvalue weighted by Gasteiger charge is 2.43. The van der Waals surface area contributed by atoms with Gasteiger partial charge in [0.15, 0.2) is 6.29 Å². The number of ether oxygens (including phenoxy) is 3. The van der Waals surface area contributed by atoms with Crippen molar-refractivity contribution in [3.05, 3.63) is 88.0 Å². The molecule has 0 amide bonds. The predicted octanol–water partition coefficient (Wildman–Crippen LogP) is 8.02. The Morgan fingerprint density at radius 2 is 1.13 bits per heavy atom. The average molecular weight is 572 g/mol. The van der Waals surface area contributed by atoms with Gasteiger partial charge < -0.3 is 14.2 Å². The molecule has 0 N–H and O–H groups in total. The predicted molar refractivity (Wildman–Crippen MR) is 111 cm³/mol. The molecule has 0 aromatic heterocycles. The highest BCUT2D eigenvalue weighted by Crippen LogP contribution is 2.41. The van der Waals surface area contributed by atoms with Gasteiger partial charge in [0.25, 0.3) is 0 Å². The SMILES string of the molecule is CC1COC(c2cc(F)c(-c3cc(F)c(C(F)(F)Oc4cc(F)c(C(F)(F)F)c(F)c4)c(F)c3)c(F)c2)OC1. The number of alkyl halides is 5. The molecule has 1 saturated heterocycles. The van der Waals surface area contributed by atoms with Crippen molar-refractivity contribution in [2.24, 2.45) is 5.92 Å². The minimum atomic E-state index is -5.51. The lowest BCUT2D eigenvalue weighted by atomic mass is 9.99. The standard InChI is InChI=1S/C25H15F11O3/c1-10-8-37-23(38-9-10)12-4-14(26)20(15(27)5-12)11-2-16(28)22(17(29)3-11)25(35,36)39-13-6-18(30)21(19(31)7-13)24(32,33)34/h2-7,10,23H,8-9H2,1H3. The fourth-order valence-corrected chi connectivity index (χ4v) is 3.87. The largest absolute Gasteiger partial charge is 0.432 e. The van der Waals surface area contributed by atoms with Crippen LogP contribution in [-0.2, 0) is 21.8 Å². The maximum atomic E-state index is 14.8. The first-order valence-corrected chi connectivity index (χ1v) is 10.9. The third kappa shape index (κ3) is 5.81. The van der Waals surface area contributed by atoms with Crippen molar-refractivity contribution in [3.63, 3.8) is 0 Å². The molecule has 0 aliphatic carbocycles. The maximum Gasteiger partial charge on any atom is 0.432 e. The van der Waals surface area contributed by atoms with Crippen molar-refractivity contribution in [2.45, 2.75) is 25.5 Å². The lowest BCUT2D eigenvalue weighted by molar-refractivity contribution is -0.202. The molecule has 0 saturated carbocycles. The van der Waals surface area contributed by atoms with Crippen LogP contribution in [0.15, 0.2) is 36.4 Å². The monoisotopic (exact) mass is 572 g/mol. The van der Waals surface area contributed by atoms with E-state index < -0.39 is 81.5 Å². The molecule has 0 spiro atoms. The van der Waals surface area contributed by atoms with E-state index in [9.17, 15) is 48.3 Å². The van der Waals surface area contributed by atoms with E-state index in [0.717, 1.165) is 12.1 Å². The van der Waals surface area contributed by atoms with Crippen LogP contribution in [0.4, 0.5) is 48.3 Å². The molecule has 210 valence electrons. The third-order valence-corrected chi connectivity index (χ3v) is 5.57. The topological polar surface area (TPSA) is 27.7 Å². The zero-order chi connectivity index (χ0) is 28.9. The van der Waals surface area contributed by atoms with Crippen molar-refractivity contribution in [1.29, 1.82) is 0 Å². The summed E-state index contributed by atoms with van der Waals surface area (Å²) < 4.78 is 168. The summed E-state index contributed by atoms with van der Waals surface area (Å²) in [4.78, 5) is 0. The Morgan fingerprint density at radius 1 is 0.667 bits per heavy atom. The van der Waals surface area contributed by atoms with E-state index in [4.69, 9.17) is 9.47 Å². The molecule has 39 heavy (non-hydrogen) atoms. The van der Waals surface area contributed by atoms with Crippen LogP contribution in [0.25, 0.3) is 11.1 Å². The molecular formula is C25H15F11O3. The first-order chi connectivity index (χ1) is 18.1. The number of halogens is 11. The Bertz CT molecular complexity index is 1330. The normalized spacial score (nSPS) is 18.4. The smallest absolute Gasteiger partial charge is 0.429 e. The number of rotatable bonds is 5. The molecule has 1 aliphatic heterocycles. The molecule has 4 rings (SSSR count). The first kappa shape index (κ1) is 28.6. The Balaban J connectivity index is 1.66. The van der Waals surface area contributed by atoms with E-state index in [2.05, 4.69) is 4.74 Å². The van der Waals surface area contributed by atoms with Crippen LogP contribution in [0.2, 0.25) is 0 Å². The second kappa shape index (κ2) is 10.3. The lowest BCUT2D eigenvalue weighted by Crippen LogP contribution is -2.26. The first-order valence-electron chi connectivity index (χ1n) is 10.9. The summed E-state index contributed by atoms with van der Waals surface area (Å²) in [5, 5.41) is 0. The molecule has 3 aromatic carbocycles. The van der Waals surface area contributed by atoms with E-state index in [1.807, 2.05) is 6.92 Å². The number of hydrogen-bond donors (Lipinski definition) is 0. The van der Waals surface area contributed by atoms with Gasteiger partial charge in [-0.3, -0.25) is 0 Å². The summed E-state index contributed by atoms with van der Waals surface area (Å²) in [5.74, 6) is -13.0. The van der Waals surface area contributed by atoms with E-state index in [1.54, 1.807) is 0 Å². The van der Waals surface area contributed by atoms with Crippen molar-refractivity contribution in [1.82, 2.24) is 0 Å². The highest BCUT2D eigenvalue weighted by atomic mass is 19.4. The molecule has 3 aromatic rings. The van der Waals surface area contributed by atoms with Crippen molar-refractivity contribution in [2.75, 3.05) is 13.2 Å². The van der Waals surface area contributed by atoms with E-state index in [-0.39, 0.29) is 49.0 Å². The third-order valence-electron chi connectivity index (χ3n) is 5.57. The fraction of sp³-hybridized carbons (Fsp3) is 0.280. The molecule has 1 aliphatic rings. The zero-order valence-electron chi connectivity index (χ0n) is 19.4. The summed E-state index contributed by atoms with van der Waals surface area (Å²) in [6, 6.07) is 1.34.